The first-order valence-electron chi connectivity index (χ1n) is 8.28. The quantitative estimate of drug-likeness (QED) is 0.743. The maximum Gasteiger partial charge on any atom is 0.255 e. The van der Waals surface area contributed by atoms with Gasteiger partial charge >= 0.3 is 0 Å². The number of nitrogens with two attached hydrogens (primary N) is 1. The number of halogens is 2. The van der Waals surface area contributed by atoms with Gasteiger partial charge in [0.05, 0.1) is 15.6 Å². The zero-order chi connectivity index (χ0) is 18.8. The fourth-order valence-electron chi connectivity index (χ4n) is 3.26. The number of phenols is 1. The number of likely N-dealkylation sites (tertiary alicyclic amines) is 1. The molecule has 4 N–H and O–H groups in total. The molecule has 0 spiro atoms. The molecule has 1 aromatic heterocycles. The number of nitrogens with one attached hydrogen (secondary N) is 1. The van der Waals surface area contributed by atoms with Crippen LogP contribution in [0.4, 0.5) is 0 Å². The van der Waals surface area contributed by atoms with Crippen LogP contribution in [0.1, 0.15) is 34.8 Å². The number of piperidine rings is 1. The van der Waals surface area contributed by atoms with Crippen LogP contribution in [0.25, 0.3) is 0 Å². The average Bonchev–Trinajstić information content (AvgIpc) is 2.64. The van der Waals surface area contributed by atoms with E-state index in [1.165, 1.54) is 24.4 Å². The number of hydrogen-bond donors (Lipinski definition) is 3. The number of rotatable bonds is 3. The van der Waals surface area contributed by atoms with Gasteiger partial charge in [0.1, 0.15) is 5.75 Å². The number of nitrogens with zero attached hydrogens (tertiary/aromatic N) is 1. The topological polar surface area (TPSA) is 99.4 Å². The molecule has 0 radical (unpaired) electrons. The first-order valence-corrected chi connectivity index (χ1v) is 9.04. The Morgan fingerprint density at radius 2 is 1.88 bits per heavy atom. The second-order valence-corrected chi connectivity index (χ2v) is 7.24. The van der Waals surface area contributed by atoms with E-state index in [2.05, 4.69) is 4.98 Å². The summed E-state index contributed by atoms with van der Waals surface area (Å²) in [5.41, 5.74) is 7.10. The van der Waals surface area contributed by atoms with Crippen molar-refractivity contribution < 1.29 is 9.90 Å². The van der Waals surface area contributed by atoms with Crippen molar-refractivity contribution in [2.75, 3.05) is 13.1 Å². The molecule has 1 atom stereocenters. The zero-order valence-corrected chi connectivity index (χ0v) is 15.4. The third-order valence-electron chi connectivity index (χ3n) is 4.79. The molecule has 6 nitrogen and oxygen atoms in total. The predicted molar refractivity (Wildman–Crippen MR) is 101 cm³/mol. The number of pyridine rings is 1. The Morgan fingerprint density at radius 3 is 2.50 bits per heavy atom. The highest BCUT2D eigenvalue weighted by molar-refractivity contribution is 6.42. The monoisotopic (exact) mass is 395 g/mol. The van der Waals surface area contributed by atoms with Gasteiger partial charge in [0.2, 0.25) is 5.56 Å². The van der Waals surface area contributed by atoms with Crippen LogP contribution in [-0.4, -0.2) is 34.0 Å². The van der Waals surface area contributed by atoms with Crippen LogP contribution in [0.15, 0.2) is 35.3 Å². The maximum absolute atomic E-state index is 12.5. The van der Waals surface area contributed by atoms with Gasteiger partial charge in [0.15, 0.2) is 0 Å². The molecule has 1 aliphatic rings. The summed E-state index contributed by atoms with van der Waals surface area (Å²) < 4.78 is 0. The normalized spacial score (nSPS) is 16.5. The van der Waals surface area contributed by atoms with E-state index in [0.717, 1.165) is 0 Å². The molecule has 2 heterocycles. The number of carbonyl (C=O) groups is 1. The molecule has 26 heavy (non-hydrogen) atoms. The van der Waals surface area contributed by atoms with Crippen molar-refractivity contribution in [2.45, 2.75) is 18.9 Å². The largest absolute Gasteiger partial charge is 0.508 e. The van der Waals surface area contributed by atoms with Crippen LogP contribution < -0.4 is 11.3 Å². The Hall–Kier alpha value is -2.02. The minimum Gasteiger partial charge on any atom is -0.508 e. The molecular weight excluding hydrogens is 377 g/mol. The third-order valence-corrected chi connectivity index (χ3v) is 5.52. The van der Waals surface area contributed by atoms with Crippen LogP contribution in [0.2, 0.25) is 10.0 Å². The lowest BCUT2D eigenvalue weighted by atomic mass is 9.85. The van der Waals surface area contributed by atoms with E-state index in [0.29, 0.717) is 42.1 Å². The molecule has 2 aromatic rings. The molecule has 1 fully saturated rings. The number of aromatic nitrogens is 1. The van der Waals surface area contributed by atoms with E-state index in [1.54, 1.807) is 11.0 Å². The number of carbonyl (C=O) groups excluding carboxylic acids is 1. The second kappa shape index (κ2) is 7.70. The number of amides is 1. The van der Waals surface area contributed by atoms with E-state index < -0.39 is 6.04 Å². The average molecular weight is 396 g/mol. The van der Waals surface area contributed by atoms with Crippen molar-refractivity contribution in [3.05, 3.63) is 62.0 Å². The number of benzene rings is 1. The molecular formula is C18H19Cl2N3O3. The smallest absolute Gasteiger partial charge is 0.255 e. The Labute approximate surface area is 160 Å². The van der Waals surface area contributed by atoms with Crippen LogP contribution in [0.3, 0.4) is 0 Å². The Bertz CT molecular complexity index is 856. The SMILES string of the molecule is N[C@@H](c1cc(Cl)c(Cl)cc1O)C1CCN(C(=O)c2ccc(=O)[nH]c2)CC1. The Balaban J connectivity index is 1.66. The van der Waals surface area contributed by atoms with Crippen molar-refractivity contribution in [3.8, 4) is 5.75 Å². The maximum atomic E-state index is 12.5. The van der Waals surface area contributed by atoms with Crippen LogP contribution in [-0.2, 0) is 0 Å². The summed E-state index contributed by atoms with van der Waals surface area (Å²) >= 11 is 11.9. The molecule has 138 valence electrons. The highest BCUT2D eigenvalue weighted by Crippen LogP contribution is 2.37. The molecule has 0 aliphatic carbocycles. The van der Waals surface area contributed by atoms with Gasteiger partial charge in [0.25, 0.3) is 5.91 Å². The van der Waals surface area contributed by atoms with Gasteiger partial charge in [0, 0.05) is 43.0 Å². The van der Waals surface area contributed by atoms with Crippen LogP contribution >= 0.6 is 23.2 Å². The molecule has 1 aromatic carbocycles. The highest BCUT2D eigenvalue weighted by Gasteiger charge is 2.29. The number of phenolic OH excluding ortho intramolecular Hbond substituents is 1. The number of hydrogen-bond acceptors (Lipinski definition) is 4. The second-order valence-electron chi connectivity index (χ2n) is 6.42. The first kappa shape index (κ1) is 18.8. The summed E-state index contributed by atoms with van der Waals surface area (Å²) in [7, 11) is 0. The van der Waals surface area contributed by atoms with Crippen molar-refractivity contribution in [3.63, 3.8) is 0 Å². The standard InChI is InChI=1S/C18H19Cl2N3O3/c19-13-7-12(15(24)8-14(13)20)17(21)10-3-5-23(6-4-10)18(26)11-1-2-16(25)22-9-11/h1-2,7-10,17,24H,3-6,21H2,(H,22,25)/t17-/m1/s1. The van der Waals surface area contributed by atoms with E-state index in [-0.39, 0.29) is 28.2 Å². The predicted octanol–water partition coefficient (Wildman–Crippen LogP) is 2.94. The highest BCUT2D eigenvalue weighted by atomic mass is 35.5. The fraction of sp³-hybridized carbons (Fsp3) is 0.333. The minimum absolute atomic E-state index is 0.0265. The molecule has 8 heteroatoms. The van der Waals surface area contributed by atoms with Gasteiger partial charge in [-0.25, -0.2) is 0 Å². The molecule has 0 saturated carbocycles. The molecule has 1 saturated heterocycles. The summed E-state index contributed by atoms with van der Waals surface area (Å²) in [6.45, 7) is 1.11. The lowest BCUT2D eigenvalue weighted by Gasteiger charge is -2.35. The van der Waals surface area contributed by atoms with Crippen LogP contribution in [0, 0.1) is 5.92 Å². The van der Waals surface area contributed by atoms with E-state index >= 15 is 0 Å². The summed E-state index contributed by atoms with van der Waals surface area (Å²) in [6.07, 6.45) is 2.84. The first-order chi connectivity index (χ1) is 12.4. The molecule has 0 unspecified atom stereocenters. The molecule has 1 aliphatic heterocycles. The Kier molecular flexibility index (Phi) is 5.55. The number of aromatic amines is 1. The van der Waals surface area contributed by atoms with E-state index in [1.807, 2.05) is 0 Å². The van der Waals surface area contributed by atoms with Gasteiger partial charge in [-0.15, -0.1) is 0 Å². The van der Waals surface area contributed by atoms with Crippen molar-refractivity contribution >= 4 is 29.1 Å². The Morgan fingerprint density at radius 1 is 1.23 bits per heavy atom. The summed E-state index contributed by atoms with van der Waals surface area (Å²) in [5, 5.41) is 10.7. The van der Waals surface area contributed by atoms with Gasteiger partial charge in [-0.3, -0.25) is 9.59 Å². The van der Waals surface area contributed by atoms with Gasteiger partial charge in [-0.1, -0.05) is 23.2 Å². The zero-order valence-electron chi connectivity index (χ0n) is 13.9. The fourth-order valence-corrected chi connectivity index (χ4v) is 3.59. The van der Waals surface area contributed by atoms with E-state index in [9.17, 15) is 14.7 Å². The summed E-state index contributed by atoms with van der Waals surface area (Å²) in [6, 6.07) is 5.46. The van der Waals surface area contributed by atoms with Crippen molar-refractivity contribution in [1.29, 1.82) is 0 Å². The lowest BCUT2D eigenvalue weighted by Crippen LogP contribution is -2.41. The van der Waals surface area contributed by atoms with Crippen LogP contribution in [0.5, 0.6) is 5.75 Å². The number of H-pyrrole nitrogens is 1. The molecule has 1 amide bonds. The molecule has 3 rings (SSSR count). The lowest BCUT2D eigenvalue weighted by molar-refractivity contribution is 0.0677. The number of aromatic hydroxyl groups is 1. The van der Waals surface area contributed by atoms with Crippen molar-refractivity contribution in [2.24, 2.45) is 11.7 Å². The van der Waals surface area contributed by atoms with Gasteiger partial charge in [-0.05, 0) is 30.9 Å². The third kappa shape index (κ3) is 3.87. The minimum atomic E-state index is -0.393. The van der Waals surface area contributed by atoms with E-state index in [4.69, 9.17) is 28.9 Å². The summed E-state index contributed by atoms with van der Waals surface area (Å²) in [4.78, 5) is 27.9. The van der Waals surface area contributed by atoms with Gasteiger partial charge in [-0.2, -0.15) is 0 Å². The van der Waals surface area contributed by atoms with Crippen molar-refractivity contribution in [1.82, 2.24) is 9.88 Å². The van der Waals surface area contributed by atoms with Gasteiger partial charge < -0.3 is 20.7 Å². The molecule has 0 bridgehead atoms. The summed E-state index contributed by atoms with van der Waals surface area (Å²) in [5.74, 6) is 0.0158.